The van der Waals surface area contributed by atoms with Crippen molar-refractivity contribution >= 4 is 11.7 Å². The van der Waals surface area contributed by atoms with Crippen LogP contribution < -0.4 is 10.6 Å². The monoisotopic (exact) mass is 147 g/mol. The number of benzene rings is 1. The number of rotatable bonds is 0. The Kier molecular flexibility index (Phi) is 1.28. The predicted octanol–water partition coefficient (Wildman–Crippen LogP) is 1.12. The van der Waals surface area contributed by atoms with Gasteiger partial charge in [0.2, 0.25) is 0 Å². The van der Waals surface area contributed by atoms with Crippen molar-refractivity contribution in [1.29, 1.82) is 0 Å². The summed E-state index contributed by atoms with van der Waals surface area (Å²) in [5.41, 5.74) is 1.96. The second-order valence-electron chi connectivity index (χ2n) is 2.39. The van der Waals surface area contributed by atoms with Crippen molar-refractivity contribution in [3.05, 3.63) is 29.8 Å². The Morgan fingerprint density at radius 2 is 2.45 bits per heavy atom. The number of hydrogen-bond donors (Lipinski definition) is 2. The van der Waals surface area contributed by atoms with Gasteiger partial charge in [-0.25, -0.2) is 4.79 Å². The zero-order chi connectivity index (χ0) is 7.68. The Morgan fingerprint density at radius 3 is 3.36 bits per heavy atom. The maximum Gasteiger partial charge on any atom is 0.319 e. The van der Waals surface area contributed by atoms with Crippen molar-refractivity contribution in [1.82, 2.24) is 5.32 Å². The maximum absolute atomic E-state index is 10.8. The minimum Gasteiger partial charge on any atom is -0.334 e. The molecule has 0 unspecified atom stereocenters. The Bertz CT molecular complexity index is 296. The molecule has 2 rings (SSSR count). The summed E-state index contributed by atoms with van der Waals surface area (Å²) in [6.07, 6.45) is 0. The number of urea groups is 1. The summed E-state index contributed by atoms with van der Waals surface area (Å²) in [6, 6.07) is 8.29. The van der Waals surface area contributed by atoms with Gasteiger partial charge < -0.3 is 10.6 Å². The third-order valence-corrected chi connectivity index (χ3v) is 1.64. The average Bonchev–Trinajstić information content (AvgIpc) is 2.04. The molecule has 2 amide bonds. The molecule has 11 heavy (non-hydrogen) atoms. The molecule has 0 fully saturated rings. The Labute approximate surface area is 64.4 Å². The number of amides is 2. The number of hydrogen-bond acceptors (Lipinski definition) is 1. The van der Waals surface area contributed by atoms with Crippen molar-refractivity contribution in [3.8, 4) is 0 Å². The van der Waals surface area contributed by atoms with Gasteiger partial charge in [0, 0.05) is 12.2 Å². The number of carbonyl (C=O) groups is 1. The lowest BCUT2D eigenvalue weighted by molar-refractivity contribution is 0.251. The van der Waals surface area contributed by atoms with E-state index in [0.29, 0.717) is 6.54 Å². The standard InChI is InChI=1S/C8H7N2O/c11-8-9-5-6-3-1-2-4-7(6)10-8/h2-4H,5H2,(H2,9,10,11). The SMILES string of the molecule is O=C1NCc2c[c]ccc2N1. The van der Waals surface area contributed by atoms with Gasteiger partial charge in [0.05, 0.1) is 0 Å². The third kappa shape index (κ3) is 1.05. The summed E-state index contributed by atoms with van der Waals surface area (Å²) in [6.45, 7) is 0.596. The topological polar surface area (TPSA) is 41.1 Å². The van der Waals surface area contributed by atoms with Gasteiger partial charge in [0.25, 0.3) is 0 Å². The van der Waals surface area contributed by atoms with E-state index in [2.05, 4.69) is 16.7 Å². The van der Waals surface area contributed by atoms with Crippen LogP contribution in [0.3, 0.4) is 0 Å². The van der Waals surface area contributed by atoms with Gasteiger partial charge in [-0.15, -0.1) is 0 Å². The first-order valence-corrected chi connectivity index (χ1v) is 3.40. The maximum atomic E-state index is 10.8. The fourth-order valence-corrected chi connectivity index (χ4v) is 1.08. The number of fused-ring (bicyclic) bond motifs is 1. The van der Waals surface area contributed by atoms with Crippen LogP contribution in [0.25, 0.3) is 0 Å². The van der Waals surface area contributed by atoms with E-state index in [9.17, 15) is 4.79 Å². The van der Waals surface area contributed by atoms with E-state index in [1.54, 1.807) is 6.07 Å². The minimum absolute atomic E-state index is 0.135. The van der Waals surface area contributed by atoms with Crippen molar-refractivity contribution in [2.24, 2.45) is 0 Å². The Hall–Kier alpha value is -1.51. The van der Waals surface area contributed by atoms with E-state index in [1.807, 2.05) is 12.1 Å². The van der Waals surface area contributed by atoms with E-state index in [4.69, 9.17) is 0 Å². The van der Waals surface area contributed by atoms with E-state index in [0.717, 1.165) is 11.3 Å². The highest BCUT2D eigenvalue weighted by Gasteiger charge is 2.11. The molecule has 1 aromatic carbocycles. The van der Waals surface area contributed by atoms with Gasteiger partial charge >= 0.3 is 6.03 Å². The summed E-state index contributed by atoms with van der Waals surface area (Å²) in [5, 5.41) is 5.36. The lowest BCUT2D eigenvalue weighted by Crippen LogP contribution is -2.33. The third-order valence-electron chi connectivity index (χ3n) is 1.64. The zero-order valence-corrected chi connectivity index (χ0v) is 5.85. The summed E-state index contributed by atoms with van der Waals surface area (Å²) < 4.78 is 0. The first-order chi connectivity index (χ1) is 5.36. The summed E-state index contributed by atoms with van der Waals surface area (Å²) >= 11 is 0. The molecule has 0 spiro atoms. The molecule has 0 saturated heterocycles. The van der Waals surface area contributed by atoms with E-state index in [-0.39, 0.29) is 6.03 Å². The molecule has 0 aliphatic carbocycles. The Balaban J connectivity index is 2.41. The van der Waals surface area contributed by atoms with Crippen LogP contribution >= 0.6 is 0 Å². The number of carbonyl (C=O) groups excluding carboxylic acids is 1. The van der Waals surface area contributed by atoms with Crippen molar-refractivity contribution < 1.29 is 4.79 Å². The molecule has 1 aromatic rings. The Morgan fingerprint density at radius 1 is 1.55 bits per heavy atom. The fraction of sp³-hybridized carbons (Fsp3) is 0.125. The van der Waals surface area contributed by atoms with Crippen LogP contribution in [0.15, 0.2) is 18.2 Å². The summed E-state index contributed by atoms with van der Waals surface area (Å²) in [4.78, 5) is 10.8. The lowest BCUT2D eigenvalue weighted by Gasteiger charge is -2.16. The molecule has 0 saturated carbocycles. The highest BCUT2D eigenvalue weighted by molar-refractivity contribution is 5.92. The van der Waals surface area contributed by atoms with E-state index in [1.165, 1.54) is 0 Å². The molecular weight excluding hydrogens is 140 g/mol. The predicted molar refractivity (Wildman–Crippen MR) is 41.1 cm³/mol. The van der Waals surface area contributed by atoms with E-state index < -0.39 is 0 Å². The zero-order valence-electron chi connectivity index (χ0n) is 5.85. The van der Waals surface area contributed by atoms with E-state index >= 15 is 0 Å². The molecule has 3 heteroatoms. The quantitative estimate of drug-likeness (QED) is 0.567. The van der Waals surface area contributed by atoms with Crippen LogP contribution in [-0.2, 0) is 6.54 Å². The average molecular weight is 147 g/mol. The van der Waals surface area contributed by atoms with Gasteiger partial charge in [-0.1, -0.05) is 6.07 Å². The molecule has 0 atom stereocenters. The molecule has 1 heterocycles. The largest absolute Gasteiger partial charge is 0.334 e. The first kappa shape index (κ1) is 6.22. The van der Waals surface area contributed by atoms with Crippen LogP contribution in [0.2, 0.25) is 0 Å². The van der Waals surface area contributed by atoms with Crippen LogP contribution in [0.4, 0.5) is 10.5 Å². The highest BCUT2D eigenvalue weighted by atomic mass is 16.2. The minimum atomic E-state index is -0.135. The van der Waals surface area contributed by atoms with Crippen molar-refractivity contribution in [3.63, 3.8) is 0 Å². The van der Waals surface area contributed by atoms with Crippen LogP contribution in [0.5, 0.6) is 0 Å². The lowest BCUT2D eigenvalue weighted by atomic mass is 10.1. The smallest absolute Gasteiger partial charge is 0.319 e. The highest BCUT2D eigenvalue weighted by Crippen LogP contribution is 2.16. The summed E-state index contributed by atoms with van der Waals surface area (Å²) in [7, 11) is 0. The van der Waals surface area contributed by atoms with Gasteiger partial charge in [-0.2, -0.15) is 0 Å². The normalized spacial score (nSPS) is 14.7. The fourth-order valence-electron chi connectivity index (χ4n) is 1.08. The van der Waals surface area contributed by atoms with Crippen molar-refractivity contribution in [2.45, 2.75) is 6.54 Å². The van der Waals surface area contributed by atoms with Gasteiger partial charge in [-0.3, -0.25) is 0 Å². The molecule has 1 aliphatic heterocycles. The molecular formula is C8H7N2O. The second kappa shape index (κ2) is 2.27. The second-order valence-corrected chi connectivity index (χ2v) is 2.39. The van der Waals surface area contributed by atoms with Crippen molar-refractivity contribution in [2.75, 3.05) is 5.32 Å². The molecule has 1 aliphatic rings. The van der Waals surface area contributed by atoms with Gasteiger partial charge in [0.1, 0.15) is 0 Å². The van der Waals surface area contributed by atoms with Gasteiger partial charge in [0.15, 0.2) is 0 Å². The number of anilines is 1. The molecule has 1 radical (unpaired) electrons. The molecule has 3 nitrogen and oxygen atoms in total. The van der Waals surface area contributed by atoms with Crippen LogP contribution in [0, 0.1) is 6.07 Å². The van der Waals surface area contributed by atoms with Crippen LogP contribution in [0.1, 0.15) is 5.56 Å². The van der Waals surface area contributed by atoms with Crippen LogP contribution in [-0.4, -0.2) is 6.03 Å². The molecule has 0 aromatic heterocycles. The summed E-state index contributed by atoms with van der Waals surface area (Å²) in [5.74, 6) is 0. The van der Waals surface area contributed by atoms with Gasteiger partial charge in [-0.05, 0) is 23.8 Å². The first-order valence-electron chi connectivity index (χ1n) is 3.40. The number of nitrogens with one attached hydrogen (secondary N) is 2. The molecule has 55 valence electrons. The molecule has 2 N–H and O–H groups in total. The molecule has 0 bridgehead atoms.